The van der Waals surface area contributed by atoms with E-state index in [9.17, 15) is 14.7 Å². The van der Waals surface area contributed by atoms with Crippen molar-refractivity contribution in [2.45, 2.75) is 12.8 Å². The first-order valence-corrected chi connectivity index (χ1v) is 6.41. The van der Waals surface area contributed by atoms with Crippen molar-refractivity contribution < 1.29 is 19.8 Å². The number of hydrogen-bond acceptors (Lipinski definition) is 3. The van der Waals surface area contributed by atoms with Gasteiger partial charge in [-0.15, -0.1) is 0 Å². The Morgan fingerprint density at radius 2 is 1.76 bits per heavy atom. The second kappa shape index (κ2) is 6.09. The van der Waals surface area contributed by atoms with Gasteiger partial charge in [-0.3, -0.25) is 4.79 Å². The van der Waals surface area contributed by atoms with Crippen LogP contribution in [0.4, 0.5) is 5.69 Å². The lowest BCUT2D eigenvalue weighted by atomic mass is 10.0. The lowest BCUT2D eigenvalue weighted by Gasteiger charge is -2.13. The zero-order valence-electron chi connectivity index (χ0n) is 11.4. The highest BCUT2D eigenvalue weighted by Gasteiger charge is 2.16. The fourth-order valence-corrected chi connectivity index (χ4v) is 1.93. The number of aromatic carboxylic acids is 1. The number of anilines is 1. The van der Waals surface area contributed by atoms with Crippen LogP contribution in [-0.4, -0.2) is 22.1 Å². The molecule has 0 saturated carbocycles. The smallest absolute Gasteiger partial charge is 0.339 e. The van der Waals surface area contributed by atoms with E-state index in [0.29, 0.717) is 5.69 Å². The number of nitrogens with one attached hydrogen (secondary N) is 1. The van der Waals surface area contributed by atoms with Crippen LogP contribution in [0.25, 0.3) is 0 Å². The Bertz CT molecular complexity index is 667. The van der Waals surface area contributed by atoms with Gasteiger partial charge in [0.25, 0.3) is 0 Å². The summed E-state index contributed by atoms with van der Waals surface area (Å²) in [5.41, 5.74) is 0.949. The summed E-state index contributed by atoms with van der Waals surface area (Å²) in [7, 11) is 0. The molecular formula is C16H15NO4. The minimum Gasteiger partial charge on any atom is -0.507 e. The first-order chi connectivity index (χ1) is 9.99. The summed E-state index contributed by atoms with van der Waals surface area (Å²) in [6, 6.07) is 13.2. The van der Waals surface area contributed by atoms with E-state index >= 15 is 0 Å². The molecule has 1 atom stereocenters. The highest BCUT2D eigenvalue weighted by atomic mass is 16.4. The second-order valence-corrected chi connectivity index (χ2v) is 4.66. The Kier molecular flexibility index (Phi) is 4.23. The molecule has 21 heavy (non-hydrogen) atoms. The third kappa shape index (κ3) is 3.39. The molecule has 0 spiro atoms. The van der Waals surface area contributed by atoms with Crippen molar-refractivity contribution in [3.8, 4) is 5.75 Å². The summed E-state index contributed by atoms with van der Waals surface area (Å²) < 4.78 is 0. The molecular weight excluding hydrogens is 270 g/mol. The minimum absolute atomic E-state index is 0.247. The van der Waals surface area contributed by atoms with Gasteiger partial charge in [0.05, 0.1) is 5.92 Å². The molecule has 3 N–H and O–H groups in total. The van der Waals surface area contributed by atoms with Gasteiger partial charge >= 0.3 is 5.97 Å². The zero-order valence-corrected chi connectivity index (χ0v) is 11.4. The molecule has 0 radical (unpaired) electrons. The quantitative estimate of drug-likeness (QED) is 0.754. The maximum atomic E-state index is 12.2. The van der Waals surface area contributed by atoms with Gasteiger partial charge in [-0.2, -0.15) is 0 Å². The number of amides is 1. The number of phenols is 1. The van der Waals surface area contributed by atoms with Crippen molar-refractivity contribution >= 4 is 17.6 Å². The van der Waals surface area contributed by atoms with Gasteiger partial charge in [0.2, 0.25) is 5.91 Å². The van der Waals surface area contributed by atoms with E-state index in [1.54, 1.807) is 6.92 Å². The molecule has 0 aromatic heterocycles. The van der Waals surface area contributed by atoms with Crippen LogP contribution in [0.3, 0.4) is 0 Å². The third-order valence-electron chi connectivity index (χ3n) is 3.19. The lowest BCUT2D eigenvalue weighted by molar-refractivity contribution is -0.117. The third-order valence-corrected chi connectivity index (χ3v) is 3.19. The van der Waals surface area contributed by atoms with Gasteiger partial charge in [-0.25, -0.2) is 4.79 Å². The molecule has 108 valence electrons. The number of carbonyl (C=O) groups excluding carboxylic acids is 1. The van der Waals surface area contributed by atoms with Gasteiger partial charge in [0, 0.05) is 5.69 Å². The molecule has 0 aliphatic rings. The van der Waals surface area contributed by atoms with Crippen molar-refractivity contribution in [3.63, 3.8) is 0 Å². The van der Waals surface area contributed by atoms with Crippen LogP contribution in [-0.2, 0) is 4.79 Å². The van der Waals surface area contributed by atoms with Crippen LogP contribution in [0.15, 0.2) is 48.5 Å². The van der Waals surface area contributed by atoms with Crippen LogP contribution in [0, 0.1) is 0 Å². The molecule has 0 saturated heterocycles. The van der Waals surface area contributed by atoms with Crippen LogP contribution in [0.1, 0.15) is 28.8 Å². The van der Waals surface area contributed by atoms with Gasteiger partial charge in [-0.05, 0) is 30.7 Å². The van der Waals surface area contributed by atoms with Crippen molar-refractivity contribution in [1.82, 2.24) is 0 Å². The molecule has 5 nitrogen and oxygen atoms in total. The van der Waals surface area contributed by atoms with E-state index in [-0.39, 0.29) is 23.1 Å². The van der Waals surface area contributed by atoms with E-state index in [1.165, 1.54) is 18.2 Å². The number of benzene rings is 2. The molecule has 2 aromatic rings. The molecule has 0 aliphatic carbocycles. The standard InChI is InChI=1S/C16H15NO4/c1-10(11-5-3-2-4-6-11)15(19)17-12-7-8-14(18)13(9-12)16(20)21/h2-10,18H,1H3,(H,17,19)(H,20,21). The Morgan fingerprint density at radius 3 is 2.38 bits per heavy atom. The zero-order chi connectivity index (χ0) is 15.4. The topological polar surface area (TPSA) is 86.6 Å². The average Bonchev–Trinajstić information content (AvgIpc) is 2.49. The summed E-state index contributed by atoms with van der Waals surface area (Å²) in [6.45, 7) is 1.77. The summed E-state index contributed by atoms with van der Waals surface area (Å²) >= 11 is 0. The Labute approximate surface area is 121 Å². The van der Waals surface area contributed by atoms with Gasteiger partial charge in [0.15, 0.2) is 0 Å². The van der Waals surface area contributed by atoms with Crippen LogP contribution in [0.5, 0.6) is 5.75 Å². The summed E-state index contributed by atoms with van der Waals surface area (Å²) in [6.07, 6.45) is 0. The first-order valence-electron chi connectivity index (χ1n) is 6.41. The fourth-order valence-electron chi connectivity index (χ4n) is 1.93. The molecule has 0 heterocycles. The Morgan fingerprint density at radius 1 is 1.10 bits per heavy atom. The van der Waals surface area contributed by atoms with Gasteiger partial charge < -0.3 is 15.5 Å². The first kappa shape index (κ1) is 14.6. The number of aromatic hydroxyl groups is 1. The van der Waals surface area contributed by atoms with Crippen molar-refractivity contribution in [3.05, 3.63) is 59.7 Å². The van der Waals surface area contributed by atoms with Gasteiger partial charge in [0.1, 0.15) is 11.3 Å². The van der Waals surface area contributed by atoms with Crippen molar-refractivity contribution in [2.24, 2.45) is 0 Å². The summed E-state index contributed by atoms with van der Waals surface area (Å²) in [4.78, 5) is 23.1. The van der Waals surface area contributed by atoms with Crippen molar-refractivity contribution in [1.29, 1.82) is 0 Å². The fraction of sp³-hybridized carbons (Fsp3) is 0.125. The molecule has 1 unspecified atom stereocenters. The summed E-state index contributed by atoms with van der Waals surface area (Å²) in [5.74, 6) is -2.20. The molecule has 2 rings (SSSR count). The summed E-state index contributed by atoms with van der Waals surface area (Å²) in [5, 5.41) is 21.0. The Hall–Kier alpha value is -2.82. The molecule has 0 fully saturated rings. The predicted molar refractivity (Wildman–Crippen MR) is 78.6 cm³/mol. The van der Waals surface area contributed by atoms with E-state index in [1.807, 2.05) is 30.3 Å². The predicted octanol–water partition coefficient (Wildman–Crippen LogP) is 2.83. The molecule has 0 aliphatic heterocycles. The van der Waals surface area contributed by atoms with E-state index in [2.05, 4.69) is 5.32 Å². The Balaban J connectivity index is 2.16. The number of carboxylic acids is 1. The molecule has 0 bridgehead atoms. The SMILES string of the molecule is CC(C(=O)Nc1ccc(O)c(C(=O)O)c1)c1ccccc1. The highest BCUT2D eigenvalue weighted by Crippen LogP contribution is 2.23. The monoisotopic (exact) mass is 285 g/mol. The van der Waals surface area contributed by atoms with Crippen molar-refractivity contribution in [2.75, 3.05) is 5.32 Å². The van der Waals surface area contributed by atoms with Crippen LogP contribution < -0.4 is 5.32 Å². The largest absolute Gasteiger partial charge is 0.507 e. The number of hydrogen-bond donors (Lipinski definition) is 3. The maximum absolute atomic E-state index is 12.2. The van der Waals surface area contributed by atoms with Gasteiger partial charge in [-0.1, -0.05) is 30.3 Å². The minimum atomic E-state index is -1.25. The average molecular weight is 285 g/mol. The highest BCUT2D eigenvalue weighted by molar-refractivity contribution is 5.98. The maximum Gasteiger partial charge on any atom is 0.339 e. The molecule has 2 aromatic carbocycles. The second-order valence-electron chi connectivity index (χ2n) is 4.66. The number of carboxylic acid groups (broad SMARTS) is 1. The lowest BCUT2D eigenvalue weighted by Crippen LogP contribution is -2.19. The normalized spacial score (nSPS) is 11.7. The molecule has 5 heteroatoms. The number of carbonyl (C=O) groups is 2. The van der Waals surface area contributed by atoms with E-state index < -0.39 is 5.97 Å². The molecule has 1 amide bonds. The number of rotatable bonds is 4. The van der Waals surface area contributed by atoms with Crippen LogP contribution >= 0.6 is 0 Å². The van der Waals surface area contributed by atoms with E-state index in [4.69, 9.17) is 5.11 Å². The van der Waals surface area contributed by atoms with E-state index in [0.717, 1.165) is 5.56 Å². The van der Waals surface area contributed by atoms with Crippen LogP contribution in [0.2, 0.25) is 0 Å².